The Bertz CT molecular complexity index is 696. The summed E-state index contributed by atoms with van der Waals surface area (Å²) in [6.45, 7) is 2.00. The van der Waals surface area contributed by atoms with Crippen LogP contribution in [0, 0.1) is 17.0 Å². The molecule has 1 aliphatic carbocycles. The molecule has 0 amide bonds. The summed E-state index contributed by atoms with van der Waals surface area (Å²) < 4.78 is 27.7. The summed E-state index contributed by atoms with van der Waals surface area (Å²) in [5.41, 5.74) is 1.05. The van der Waals surface area contributed by atoms with Crippen LogP contribution >= 0.6 is 0 Å². The van der Waals surface area contributed by atoms with Crippen molar-refractivity contribution in [1.82, 2.24) is 0 Å². The van der Waals surface area contributed by atoms with E-state index in [9.17, 15) is 13.6 Å². The van der Waals surface area contributed by atoms with Gasteiger partial charge in [-0.2, -0.15) is 0 Å². The smallest absolute Gasteiger partial charge is 0.134 e. The molecule has 0 bridgehead atoms. The lowest BCUT2D eigenvalue weighted by Gasteiger charge is -2.31. The second-order valence-electron chi connectivity index (χ2n) is 6.45. The van der Waals surface area contributed by atoms with Crippen molar-refractivity contribution in [2.45, 2.75) is 32.1 Å². The van der Waals surface area contributed by atoms with Gasteiger partial charge in [0.2, 0.25) is 0 Å². The molecule has 0 radical (unpaired) electrons. The van der Waals surface area contributed by atoms with Crippen molar-refractivity contribution < 1.29 is 13.6 Å². The summed E-state index contributed by atoms with van der Waals surface area (Å²) in [5, 5.41) is 0. The molecule has 0 heterocycles. The normalized spacial score (nSPS) is 24.7. The molecule has 1 nitrogen and oxygen atoms in total. The Balaban J connectivity index is 1.98. The third kappa shape index (κ3) is 2.80. The standard InChI is InChI=1S/C19H18F2O/c1-19(11-13-5-3-2-4-6-13)12-15(22)10-17(19)16-9-14(20)7-8-18(16)21/h2-9,17H,10-12H2,1H3. The van der Waals surface area contributed by atoms with Crippen molar-refractivity contribution >= 4 is 5.78 Å². The first-order valence-corrected chi connectivity index (χ1v) is 7.48. The number of benzene rings is 2. The van der Waals surface area contributed by atoms with Crippen LogP contribution in [0.1, 0.15) is 36.8 Å². The number of carbonyl (C=O) groups excluding carboxylic acids is 1. The molecule has 2 aromatic carbocycles. The zero-order valence-corrected chi connectivity index (χ0v) is 12.5. The quantitative estimate of drug-likeness (QED) is 0.805. The van der Waals surface area contributed by atoms with E-state index in [0.717, 1.165) is 17.7 Å². The fourth-order valence-corrected chi connectivity index (χ4v) is 3.63. The third-order valence-corrected chi connectivity index (χ3v) is 4.66. The van der Waals surface area contributed by atoms with Gasteiger partial charge < -0.3 is 0 Å². The van der Waals surface area contributed by atoms with Crippen LogP contribution in [0.5, 0.6) is 0 Å². The van der Waals surface area contributed by atoms with Gasteiger partial charge in [-0.3, -0.25) is 4.79 Å². The Kier molecular flexibility index (Phi) is 3.81. The van der Waals surface area contributed by atoms with Crippen molar-refractivity contribution in [3.8, 4) is 0 Å². The van der Waals surface area contributed by atoms with Crippen molar-refractivity contribution in [2.24, 2.45) is 5.41 Å². The van der Waals surface area contributed by atoms with Crippen LogP contribution in [0.2, 0.25) is 0 Å². The lowest BCUT2D eigenvalue weighted by atomic mass is 9.72. The average Bonchev–Trinajstić information content (AvgIpc) is 2.77. The van der Waals surface area contributed by atoms with Gasteiger partial charge in [-0.1, -0.05) is 37.3 Å². The van der Waals surface area contributed by atoms with E-state index in [1.807, 2.05) is 37.3 Å². The molecule has 3 rings (SSSR count). The van der Waals surface area contributed by atoms with Crippen LogP contribution in [0.3, 0.4) is 0 Å². The Morgan fingerprint density at radius 3 is 2.59 bits per heavy atom. The minimum atomic E-state index is -0.460. The van der Waals surface area contributed by atoms with E-state index in [1.54, 1.807) is 0 Å². The third-order valence-electron chi connectivity index (χ3n) is 4.66. The molecule has 2 aromatic rings. The topological polar surface area (TPSA) is 17.1 Å². The van der Waals surface area contributed by atoms with Gasteiger partial charge in [-0.15, -0.1) is 0 Å². The van der Waals surface area contributed by atoms with Crippen molar-refractivity contribution in [2.75, 3.05) is 0 Å². The first-order valence-electron chi connectivity index (χ1n) is 7.48. The second-order valence-corrected chi connectivity index (χ2v) is 6.45. The predicted octanol–water partition coefficient (Wildman–Crippen LogP) is 4.66. The van der Waals surface area contributed by atoms with E-state index in [0.29, 0.717) is 18.4 Å². The molecular weight excluding hydrogens is 282 g/mol. The molecule has 0 aliphatic heterocycles. The van der Waals surface area contributed by atoms with E-state index in [4.69, 9.17) is 0 Å². The van der Waals surface area contributed by atoms with Crippen LogP contribution < -0.4 is 0 Å². The number of rotatable bonds is 3. The highest BCUT2D eigenvalue weighted by Gasteiger charge is 2.45. The molecular formula is C19H18F2O. The van der Waals surface area contributed by atoms with Gasteiger partial charge >= 0.3 is 0 Å². The van der Waals surface area contributed by atoms with Crippen molar-refractivity contribution in [1.29, 1.82) is 0 Å². The van der Waals surface area contributed by atoms with Gasteiger partial charge in [0.1, 0.15) is 17.4 Å². The van der Waals surface area contributed by atoms with Crippen molar-refractivity contribution in [3.63, 3.8) is 0 Å². The minimum absolute atomic E-state index is 0.118. The van der Waals surface area contributed by atoms with Crippen LogP contribution in [0.15, 0.2) is 48.5 Å². The minimum Gasteiger partial charge on any atom is -0.300 e. The SMILES string of the molecule is CC1(Cc2ccccc2)CC(=O)CC1c1cc(F)ccc1F. The summed E-state index contributed by atoms with van der Waals surface area (Å²) in [5.74, 6) is -1.05. The van der Waals surface area contributed by atoms with Crippen molar-refractivity contribution in [3.05, 3.63) is 71.3 Å². The zero-order chi connectivity index (χ0) is 15.7. The molecule has 0 spiro atoms. The first kappa shape index (κ1) is 14.9. The van der Waals surface area contributed by atoms with Gasteiger partial charge in [0.25, 0.3) is 0 Å². The number of halogens is 2. The summed E-state index contributed by atoms with van der Waals surface area (Å²) in [6, 6.07) is 13.4. The highest BCUT2D eigenvalue weighted by molar-refractivity contribution is 5.83. The van der Waals surface area contributed by atoms with E-state index in [1.165, 1.54) is 6.07 Å². The molecule has 1 aliphatic rings. The fraction of sp³-hybridized carbons (Fsp3) is 0.316. The highest BCUT2D eigenvalue weighted by Crippen LogP contribution is 2.50. The Morgan fingerprint density at radius 2 is 1.86 bits per heavy atom. The molecule has 0 aromatic heterocycles. The predicted molar refractivity (Wildman–Crippen MR) is 81.6 cm³/mol. The number of hydrogen-bond donors (Lipinski definition) is 0. The lowest BCUT2D eigenvalue weighted by molar-refractivity contribution is -0.117. The summed E-state index contributed by atoms with van der Waals surface area (Å²) in [6.07, 6.45) is 1.37. The van der Waals surface area contributed by atoms with E-state index >= 15 is 0 Å². The van der Waals surface area contributed by atoms with Gasteiger partial charge in [0, 0.05) is 12.8 Å². The fourth-order valence-electron chi connectivity index (χ4n) is 3.63. The maximum absolute atomic E-state index is 14.2. The molecule has 0 N–H and O–H groups in total. The van der Waals surface area contributed by atoms with Gasteiger partial charge in [0.15, 0.2) is 0 Å². The Hall–Kier alpha value is -2.03. The molecule has 0 saturated heterocycles. The summed E-state index contributed by atoms with van der Waals surface area (Å²) >= 11 is 0. The Morgan fingerprint density at radius 1 is 1.14 bits per heavy atom. The average molecular weight is 300 g/mol. The molecule has 114 valence electrons. The number of hydrogen-bond acceptors (Lipinski definition) is 1. The summed E-state index contributed by atoms with van der Waals surface area (Å²) in [4.78, 5) is 12.0. The first-order chi connectivity index (χ1) is 10.5. The second kappa shape index (κ2) is 5.64. The molecule has 2 atom stereocenters. The molecule has 1 fully saturated rings. The van der Waals surface area contributed by atoms with Crippen LogP contribution in [-0.2, 0) is 11.2 Å². The Labute approximate surface area is 129 Å². The molecule has 22 heavy (non-hydrogen) atoms. The van der Waals surface area contributed by atoms with E-state index in [2.05, 4.69) is 0 Å². The monoisotopic (exact) mass is 300 g/mol. The summed E-state index contributed by atoms with van der Waals surface area (Å²) in [7, 11) is 0. The maximum Gasteiger partial charge on any atom is 0.134 e. The molecule has 2 unspecified atom stereocenters. The van der Waals surface area contributed by atoms with Crippen LogP contribution in [0.25, 0.3) is 0 Å². The number of Topliss-reactive ketones (excluding diaryl/α,β-unsaturated/α-hetero) is 1. The van der Waals surface area contributed by atoms with Crippen LogP contribution in [0.4, 0.5) is 8.78 Å². The number of carbonyl (C=O) groups is 1. The van der Waals surface area contributed by atoms with E-state index < -0.39 is 11.6 Å². The molecule has 1 saturated carbocycles. The van der Waals surface area contributed by atoms with Crippen LogP contribution in [-0.4, -0.2) is 5.78 Å². The van der Waals surface area contributed by atoms with Gasteiger partial charge in [-0.05, 0) is 47.1 Å². The largest absolute Gasteiger partial charge is 0.300 e. The van der Waals surface area contributed by atoms with Gasteiger partial charge in [0.05, 0.1) is 0 Å². The number of ketones is 1. The maximum atomic E-state index is 14.2. The highest BCUT2D eigenvalue weighted by atomic mass is 19.1. The van der Waals surface area contributed by atoms with E-state index in [-0.39, 0.29) is 23.5 Å². The lowest BCUT2D eigenvalue weighted by Crippen LogP contribution is -2.24. The molecule has 3 heteroatoms. The van der Waals surface area contributed by atoms with Gasteiger partial charge in [-0.25, -0.2) is 8.78 Å². The zero-order valence-electron chi connectivity index (χ0n) is 12.5.